The van der Waals surface area contributed by atoms with Crippen molar-refractivity contribution in [1.82, 2.24) is 15.0 Å². The number of nitrogen functional groups attached to an aromatic ring is 1. The van der Waals surface area contributed by atoms with Crippen molar-refractivity contribution in [1.29, 1.82) is 0 Å². The second-order valence-electron chi connectivity index (χ2n) is 3.13. The first-order chi connectivity index (χ1) is 8.10. The monoisotopic (exact) mass is 314 g/mol. The maximum atomic E-state index is 13.2. The minimum absolute atomic E-state index is 0.121. The molecule has 0 aliphatic heterocycles. The first kappa shape index (κ1) is 12.3. The van der Waals surface area contributed by atoms with E-state index in [1.807, 2.05) is 6.26 Å². The van der Waals surface area contributed by atoms with Crippen molar-refractivity contribution in [3.63, 3.8) is 0 Å². The Morgan fingerprint density at radius 2 is 2.06 bits per heavy atom. The molecule has 7 heteroatoms. The molecule has 1 aromatic carbocycles. The van der Waals surface area contributed by atoms with Crippen LogP contribution in [0.1, 0.15) is 0 Å². The molecule has 2 rings (SSSR count). The van der Waals surface area contributed by atoms with Gasteiger partial charge in [0.2, 0.25) is 5.95 Å². The van der Waals surface area contributed by atoms with Gasteiger partial charge in [-0.05, 0) is 24.5 Å². The van der Waals surface area contributed by atoms with Crippen LogP contribution in [-0.4, -0.2) is 21.2 Å². The Balaban J connectivity index is 2.59. The van der Waals surface area contributed by atoms with Crippen LogP contribution in [-0.2, 0) is 0 Å². The molecule has 0 fully saturated rings. The van der Waals surface area contributed by atoms with E-state index < -0.39 is 0 Å². The van der Waals surface area contributed by atoms with E-state index in [2.05, 4.69) is 30.9 Å². The number of nitrogens with two attached hydrogens (primary N) is 1. The van der Waals surface area contributed by atoms with Crippen LogP contribution in [0, 0.1) is 5.82 Å². The first-order valence-corrected chi connectivity index (χ1v) is 6.63. The third-order valence-electron chi connectivity index (χ3n) is 1.98. The molecule has 1 heterocycles. The van der Waals surface area contributed by atoms with Crippen molar-refractivity contribution < 1.29 is 4.39 Å². The molecule has 0 saturated carbocycles. The molecule has 0 spiro atoms. The van der Waals surface area contributed by atoms with Gasteiger partial charge < -0.3 is 5.73 Å². The normalized spacial score (nSPS) is 10.5. The van der Waals surface area contributed by atoms with E-state index in [0.717, 1.165) is 0 Å². The first-order valence-electron chi connectivity index (χ1n) is 4.61. The molecule has 2 N–H and O–H groups in total. The van der Waals surface area contributed by atoms with Crippen LogP contribution in [0.2, 0.25) is 0 Å². The highest BCUT2D eigenvalue weighted by atomic mass is 79.9. The van der Waals surface area contributed by atoms with Crippen LogP contribution in [0.25, 0.3) is 11.4 Å². The molecule has 0 amide bonds. The fourth-order valence-corrected chi connectivity index (χ4v) is 2.04. The van der Waals surface area contributed by atoms with E-state index in [1.54, 1.807) is 6.07 Å². The lowest BCUT2D eigenvalue weighted by Crippen LogP contribution is -2.01. The second-order valence-corrected chi connectivity index (χ2v) is 4.76. The zero-order chi connectivity index (χ0) is 12.4. The molecular formula is C10H8BrFN4S. The summed E-state index contributed by atoms with van der Waals surface area (Å²) in [5.74, 6) is 0.122. The van der Waals surface area contributed by atoms with E-state index in [-0.39, 0.29) is 11.8 Å². The smallest absolute Gasteiger partial charge is 0.224 e. The number of benzene rings is 1. The Bertz CT molecular complexity index is 564. The number of hydrogen-bond donors (Lipinski definition) is 1. The summed E-state index contributed by atoms with van der Waals surface area (Å²) < 4.78 is 13.9. The van der Waals surface area contributed by atoms with Gasteiger partial charge in [0, 0.05) is 10.0 Å². The number of nitrogens with zero attached hydrogens (tertiary/aromatic N) is 3. The summed E-state index contributed by atoms with van der Waals surface area (Å²) in [6, 6.07) is 4.31. The molecule has 0 aliphatic rings. The summed E-state index contributed by atoms with van der Waals surface area (Å²) in [6.07, 6.45) is 1.83. The average molecular weight is 315 g/mol. The summed E-state index contributed by atoms with van der Waals surface area (Å²) in [5, 5.41) is 0.503. The van der Waals surface area contributed by atoms with Crippen LogP contribution in [0.5, 0.6) is 0 Å². The van der Waals surface area contributed by atoms with Crippen molar-refractivity contribution in [3.05, 3.63) is 28.5 Å². The minimum Gasteiger partial charge on any atom is -0.368 e. The van der Waals surface area contributed by atoms with Crippen molar-refractivity contribution in [2.24, 2.45) is 0 Å². The van der Waals surface area contributed by atoms with Gasteiger partial charge in [-0.25, -0.2) is 9.37 Å². The van der Waals surface area contributed by atoms with Gasteiger partial charge in [0.1, 0.15) is 5.82 Å². The van der Waals surface area contributed by atoms with Gasteiger partial charge in [0.15, 0.2) is 11.0 Å². The lowest BCUT2D eigenvalue weighted by atomic mass is 10.2. The highest BCUT2D eigenvalue weighted by molar-refractivity contribution is 9.10. The summed E-state index contributed by atoms with van der Waals surface area (Å²) in [7, 11) is 0. The largest absolute Gasteiger partial charge is 0.368 e. The van der Waals surface area contributed by atoms with Gasteiger partial charge in [0.25, 0.3) is 0 Å². The number of aromatic nitrogens is 3. The molecular weight excluding hydrogens is 307 g/mol. The maximum Gasteiger partial charge on any atom is 0.224 e. The Morgan fingerprint density at radius 3 is 2.76 bits per heavy atom. The second kappa shape index (κ2) is 4.97. The lowest BCUT2D eigenvalue weighted by molar-refractivity contribution is 0.628. The van der Waals surface area contributed by atoms with E-state index in [4.69, 9.17) is 5.73 Å². The zero-order valence-electron chi connectivity index (χ0n) is 8.82. The molecule has 4 nitrogen and oxygen atoms in total. The van der Waals surface area contributed by atoms with Crippen LogP contribution in [0.15, 0.2) is 27.8 Å². The highest BCUT2D eigenvalue weighted by Gasteiger charge is 2.10. The van der Waals surface area contributed by atoms with E-state index in [1.165, 1.54) is 23.9 Å². The molecule has 0 atom stereocenters. The van der Waals surface area contributed by atoms with Crippen LogP contribution >= 0.6 is 27.7 Å². The standard InChI is InChI=1S/C10H8BrFN4S/c1-17-10-15-8(14-9(13)16-10)6-4-5(12)2-3-7(6)11/h2-4H,1H3,(H2,13,14,15,16). The van der Waals surface area contributed by atoms with E-state index in [9.17, 15) is 4.39 Å². The zero-order valence-corrected chi connectivity index (χ0v) is 11.2. The highest BCUT2D eigenvalue weighted by Crippen LogP contribution is 2.27. The van der Waals surface area contributed by atoms with E-state index >= 15 is 0 Å². The predicted octanol–water partition coefficient (Wildman–Crippen LogP) is 2.74. The van der Waals surface area contributed by atoms with Gasteiger partial charge in [-0.1, -0.05) is 27.7 Å². The summed E-state index contributed by atoms with van der Waals surface area (Å²) >= 11 is 4.67. The molecule has 0 bridgehead atoms. The van der Waals surface area contributed by atoms with E-state index in [0.29, 0.717) is 21.0 Å². The number of hydrogen-bond acceptors (Lipinski definition) is 5. The fraction of sp³-hybridized carbons (Fsp3) is 0.100. The molecule has 88 valence electrons. The third kappa shape index (κ3) is 2.73. The van der Waals surface area contributed by atoms with Gasteiger partial charge in [0.05, 0.1) is 0 Å². The third-order valence-corrected chi connectivity index (χ3v) is 3.22. The Kier molecular flexibility index (Phi) is 3.58. The molecule has 0 aliphatic carbocycles. The maximum absolute atomic E-state index is 13.2. The number of rotatable bonds is 2. The number of halogens is 2. The topological polar surface area (TPSA) is 64.7 Å². The van der Waals surface area contributed by atoms with Crippen molar-refractivity contribution in [2.75, 3.05) is 12.0 Å². The fourth-order valence-electron chi connectivity index (χ4n) is 1.25. The summed E-state index contributed by atoms with van der Waals surface area (Å²) in [4.78, 5) is 12.1. The minimum atomic E-state index is -0.354. The van der Waals surface area contributed by atoms with Crippen molar-refractivity contribution >= 4 is 33.6 Å². The Labute approximate surface area is 110 Å². The molecule has 0 unspecified atom stereocenters. The van der Waals surface area contributed by atoms with Crippen LogP contribution in [0.4, 0.5) is 10.3 Å². The quantitative estimate of drug-likeness (QED) is 0.863. The summed E-state index contributed by atoms with van der Waals surface area (Å²) in [5.41, 5.74) is 6.13. The Hall–Kier alpha value is -1.21. The summed E-state index contributed by atoms with van der Waals surface area (Å²) in [6.45, 7) is 0. The van der Waals surface area contributed by atoms with Crippen molar-refractivity contribution in [2.45, 2.75) is 5.16 Å². The van der Waals surface area contributed by atoms with Gasteiger partial charge in [-0.15, -0.1) is 0 Å². The number of thioether (sulfide) groups is 1. The molecule has 2 aromatic rings. The van der Waals surface area contributed by atoms with Crippen molar-refractivity contribution in [3.8, 4) is 11.4 Å². The average Bonchev–Trinajstić information content (AvgIpc) is 2.31. The predicted molar refractivity (Wildman–Crippen MR) is 69.1 cm³/mol. The molecule has 0 saturated heterocycles. The molecule has 17 heavy (non-hydrogen) atoms. The van der Waals surface area contributed by atoms with Crippen LogP contribution in [0.3, 0.4) is 0 Å². The lowest BCUT2D eigenvalue weighted by Gasteiger charge is -2.05. The Morgan fingerprint density at radius 1 is 1.29 bits per heavy atom. The van der Waals surface area contributed by atoms with Crippen LogP contribution < -0.4 is 5.73 Å². The molecule has 1 aromatic heterocycles. The number of anilines is 1. The van der Waals surface area contributed by atoms with Gasteiger partial charge >= 0.3 is 0 Å². The van der Waals surface area contributed by atoms with Gasteiger partial charge in [-0.2, -0.15) is 9.97 Å². The molecule has 0 radical (unpaired) electrons. The SMILES string of the molecule is CSc1nc(N)nc(-c2cc(F)ccc2Br)n1. The van der Waals surface area contributed by atoms with Gasteiger partial charge in [-0.3, -0.25) is 0 Å².